The summed E-state index contributed by atoms with van der Waals surface area (Å²) in [4.78, 5) is 25.8. The molecule has 33 heavy (non-hydrogen) atoms. The number of amides is 1. The number of anilines is 3. The quantitative estimate of drug-likeness (QED) is 0.565. The largest absolute Gasteiger partial charge is 0.494 e. The molecule has 3 aromatic rings. The van der Waals surface area contributed by atoms with Gasteiger partial charge in [0.05, 0.1) is 6.61 Å². The zero-order valence-corrected chi connectivity index (χ0v) is 19.0. The standard InChI is InChI=1S/C25H29N5O3/c1-3-32-21-9-11-22(12-10-21)33-19(2)25(31)28-23-17-24(27-18-26-23)30-15-13-29(14-16-30)20-7-5-4-6-8-20/h4-12,17-19H,3,13-16H2,1-2H3,(H,26,27,28,31). The molecule has 8 nitrogen and oxygen atoms in total. The van der Waals surface area contributed by atoms with Crippen LogP contribution in [0, 0.1) is 0 Å². The minimum Gasteiger partial charge on any atom is -0.494 e. The van der Waals surface area contributed by atoms with Gasteiger partial charge in [0.1, 0.15) is 29.5 Å². The molecule has 1 aromatic heterocycles. The van der Waals surface area contributed by atoms with Crippen LogP contribution in [0.25, 0.3) is 0 Å². The molecule has 0 radical (unpaired) electrons. The van der Waals surface area contributed by atoms with Crippen molar-refractivity contribution in [3.63, 3.8) is 0 Å². The predicted octanol–water partition coefficient (Wildman–Crippen LogP) is 3.61. The van der Waals surface area contributed by atoms with Gasteiger partial charge in [0, 0.05) is 37.9 Å². The summed E-state index contributed by atoms with van der Waals surface area (Å²) in [5.41, 5.74) is 1.23. The molecule has 0 aliphatic carbocycles. The van der Waals surface area contributed by atoms with Crippen molar-refractivity contribution in [2.24, 2.45) is 0 Å². The van der Waals surface area contributed by atoms with Crippen LogP contribution in [0.3, 0.4) is 0 Å². The lowest BCUT2D eigenvalue weighted by Gasteiger charge is -2.36. The number of ether oxygens (including phenoxy) is 2. The van der Waals surface area contributed by atoms with Gasteiger partial charge in [0.2, 0.25) is 0 Å². The topological polar surface area (TPSA) is 79.8 Å². The highest BCUT2D eigenvalue weighted by Crippen LogP contribution is 2.21. The Balaban J connectivity index is 1.31. The number of nitrogens with zero attached hydrogens (tertiary/aromatic N) is 4. The normalized spacial score (nSPS) is 14.5. The Hall–Kier alpha value is -3.81. The lowest BCUT2D eigenvalue weighted by molar-refractivity contribution is -0.122. The van der Waals surface area contributed by atoms with Gasteiger partial charge in [0.15, 0.2) is 6.10 Å². The van der Waals surface area contributed by atoms with Crippen LogP contribution < -0.4 is 24.6 Å². The minimum absolute atomic E-state index is 0.276. The van der Waals surface area contributed by atoms with Crippen LogP contribution in [0.5, 0.6) is 11.5 Å². The van der Waals surface area contributed by atoms with Gasteiger partial charge < -0.3 is 24.6 Å². The van der Waals surface area contributed by atoms with Crippen molar-refractivity contribution in [3.8, 4) is 11.5 Å². The first-order valence-corrected chi connectivity index (χ1v) is 11.2. The van der Waals surface area contributed by atoms with Gasteiger partial charge in [-0.1, -0.05) is 18.2 Å². The van der Waals surface area contributed by atoms with E-state index in [4.69, 9.17) is 9.47 Å². The van der Waals surface area contributed by atoms with E-state index in [1.807, 2.05) is 25.1 Å². The second-order valence-corrected chi connectivity index (χ2v) is 7.72. The number of carbonyl (C=O) groups excluding carboxylic acids is 1. The smallest absolute Gasteiger partial charge is 0.266 e. The number of para-hydroxylation sites is 1. The molecule has 1 aliphatic heterocycles. The van der Waals surface area contributed by atoms with Gasteiger partial charge in [-0.25, -0.2) is 9.97 Å². The summed E-state index contributed by atoms with van der Waals surface area (Å²) < 4.78 is 11.2. The second-order valence-electron chi connectivity index (χ2n) is 7.72. The van der Waals surface area contributed by atoms with Crippen molar-refractivity contribution < 1.29 is 14.3 Å². The van der Waals surface area contributed by atoms with Gasteiger partial charge in [0.25, 0.3) is 5.91 Å². The molecule has 2 aromatic carbocycles. The summed E-state index contributed by atoms with van der Waals surface area (Å²) in [5, 5.41) is 2.83. The van der Waals surface area contributed by atoms with Gasteiger partial charge in [-0.2, -0.15) is 0 Å². The second kappa shape index (κ2) is 10.7. The third-order valence-corrected chi connectivity index (χ3v) is 5.45. The van der Waals surface area contributed by atoms with E-state index in [9.17, 15) is 4.79 Å². The molecule has 172 valence electrons. The van der Waals surface area contributed by atoms with Crippen LogP contribution in [-0.4, -0.2) is 54.8 Å². The highest BCUT2D eigenvalue weighted by Gasteiger charge is 2.20. The summed E-state index contributed by atoms with van der Waals surface area (Å²) >= 11 is 0. The van der Waals surface area contributed by atoms with Crippen LogP contribution in [0.1, 0.15) is 13.8 Å². The van der Waals surface area contributed by atoms with E-state index in [2.05, 4.69) is 49.4 Å². The van der Waals surface area contributed by atoms with Crippen molar-refractivity contribution in [2.45, 2.75) is 20.0 Å². The van der Waals surface area contributed by atoms with Crippen LogP contribution in [-0.2, 0) is 4.79 Å². The molecular weight excluding hydrogens is 418 g/mol. The highest BCUT2D eigenvalue weighted by molar-refractivity contribution is 5.93. The molecule has 1 aliphatic rings. The Morgan fingerprint density at radius 2 is 1.64 bits per heavy atom. The third-order valence-electron chi connectivity index (χ3n) is 5.45. The average molecular weight is 448 g/mol. The lowest BCUT2D eigenvalue weighted by Crippen LogP contribution is -2.46. The summed E-state index contributed by atoms with van der Waals surface area (Å²) in [6.07, 6.45) is 0.794. The Morgan fingerprint density at radius 1 is 0.970 bits per heavy atom. The minimum atomic E-state index is -0.684. The van der Waals surface area contributed by atoms with Crippen molar-refractivity contribution in [2.75, 3.05) is 47.9 Å². The number of nitrogens with one attached hydrogen (secondary N) is 1. The highest BCUT2D eigenvalue weighted by atomic mass is 16.5. The number of benzene rings is 2. The maximum atomic E-state index is 12.6. The maximum Gasteiger partial charge on any atom is 0.266 e. The molecule has 4 rings (SSSR count). The van der Waals surface area contributed by atoms with Gasteiger partial charge >= 0.3 is 0 Å². The summed E-state index contributed by atoms with van der Waals surface area (Å²) in [5.74, 6) is 2.34. The first-order valence-electron chi connectivity index (χ1n) is 11.2. The molecule has 0 bridgehead atoms. The molecule has 0 spiro atoms. The van der Waals surface area contributed by atoms with Crippen molar-refractivity contribution >= 4 is 23.2 Å². The Morgan fingerprint density at radius 3 is 2.33 bits per heavy atom. The van der Waals surface area contributed by atoms with E-state index >= 15 is 0 Å². The van der Waals surface area contributed by atoms with E-state index < -0.39 is 6.10 Å². The monoisotopic (exact) mass is 447 g/mol. The van der Waals surface area contributed by atoms with Crippen LogP contribution >= 0.6 is 0 Å². The molecule has 1 saturated heterocycles. The van der Waals surface area contributed by atoms with Crippen molar-refractivity contribution in [3.05, 3.63) is 67.0 Å². The number of hydrogen-bond acceptors (Lipinski definition) is 7. The van der Waals surface area contributed by atoms with E-state index in [0.717, 1.165) is 37.7 Å². The number of aromatic nitrogens is 2. The molecule has 2 heterocycles. The average Bonchev–Trinajstić information content (AvgIpc) is 2.86. The molecule has 1 atom stereocenters. The fourth-order valence-corrected chi connectivity index (χ4v) is 3.69. The zero-order chi connectivity index (χ0) is 23.0. The summed E-state index contributed by atoms with van der Waals surface area (Å²) in [7, 11) is 0. The fraction of sp³-hybridized carbons (Fsp3) is 0.320. The zero-order valence-electron chi connectivity index (χ0n) is 19.0. The number of hydrogen-bond donors (Lipinski definition) is 1. The van der Waals surface area contributed by atoms with Crippen molar-refractivity contribution in [1.29, 1.82) is 0 Å². The number of rotatable bonds is 8. The molecule has 1 unspecified atom stereocenters. The maximum absolute atomic E-state index is 12.6. The first kappa shape index (κ1) is 22.4. The first-order chi connectivity index (χ1) is 16.1. The van der Waals surface area contributed by atoms with E-state index in [0.29, 0.717) is 18.2 Å². The fourth-order valence-electron chi connectivity index (χ4n) is 3.69. The molecule has 1 fully saturated rings. The van der Waals surface area contributed by atoms with E-state index in [1.165, 1.54) is 12.0 Å². The van der Waals surface area contributed by atoms with E-state index in [-0.39, 0.29) is 5.91 Å². The molecule has 1 N–H and O–H groups in total. The SMILES string of the molecule is CCOc1ccc(OC(C)C(=O)Nc2cc(N3CCN(c4ccccc4)CC3)ncn2)cc1. The molecule has 1 amide bonds. The van der Waals surface area contributed by atoms with E-state index in [1.54, 1.807) is 25.1 Å². The van der Waals surface area contributed by atoms with Crippen LogP contribution in [0.15, 0.2) is 67.0 Å². The van der Waals surface area contributed by atoms with Crippen LogP contribution in [0.2, 0.25) is 0 Å². The van der Waals surface area contributed by atoms with Gasteiger partial charge in [-0.15, -0.1) is 0 Å². The lowest BCUT2D eigenvalue weighted by atomic mass is 10.2. The number of carbonyl (C=O) groups is 1. The van der Waals surface area contributed by atoms with Crippen molar-refractivity contribution in [1.82, 2.24) is 9.97 Å². The predicted molar refractivity (Wildman–Crippen MR) is 129 cm³/mol. The molecule has 8 heteroatoms. The molecular formula is C25H29N5O3. The Labute approximate surface area is 194 Å². The van der Waals surface area contributed by atoms with Crippen LogP contribution in [0.4, 0.5) is 17.3 Å². The third kappa shape index (κ3) is 5.91. The Bertz CT molecular complexity index is 1040. The Kier molecular flexibility index (Phi) is 7.24. The van der Waals surface area contributed by atoms with Gasteiger partial charge in [-0.3, -0.25) is 4.79 Å². The van der Waals surface area contributed by atoms with Gasteiger partial charge in [-0.05, 0) is 50.2 Å². The summed E-state index contributed by atoms with van der Waals surface area (Å²) in [6.45, 7) is 7.73. The summed E-state index contributed by atoms with van der Waals surface area (Å²) in [6, 6.07) is 19.4. The number of piperazine rings is 1. The molecule has 0 saturated carbocycles.